The van der Waals surface area contributed by atoms with Crippen molar-refractivity contribution in [1.29, 1.82) is 0 Å². The molecule has 0 bridgehead atoms. The Balaban J connectivity index is 1.27. The van der Waals surface area contributed by atoms with Gasteiger partial charge in [0.15, 0.2) is 0 Å². The number of hydrogen-bond acceptors (Lipinski definition) is 6. The molecule has 0 unspecified atom stereocenters. The summed E-state index contributed by atoms with van der Waals surface area (Å²) < 4.78 is 5.91. The summed E-state index contributed by atoms with van der Waals surface area (Å²) in [5.41, 5.74) is 8.51. The first kappa shape index (κ1) is 25.8. The number of unbranched alkanes of at least 4 members (excludes halogenated alkanes) is 3. The van der Waals surface area contributed by atoms with Crippen LogP contribution < -0.4 is 10.5 Å². The largest absolute Gasteiger partial charge is 0.494 e. The molecule has 1 fully saturated rings. The number of ether oxygens (including phenoxy) is 1. The van der Waals surface area contributed by atoms with Crippen molar-refractivity contribution in [2.24, 2.45) is 5.73 Å². The maximum absolute atomic E-state index is 12.7. The SMILES string of the molecule is N[C@@H](Cc1ccncc1)C(=O)N1CCN(CCCOc2ccc(CCCCCC=O)cc2)CC1. The van der Waals surface area contributed by atoms with E-state index in [9.17, 15) is 9.59 Å². The molecule has 1 aliphatic rings. The van der Waals surface area contributed by atoms with Gasteiger partial charge in [0.05, 0.1) is 12.6 Å². The zero-order valence-corrected chi connectivity index (χ0v) is 20.1. The quantitative estimate of drug-likeness (QED) is 0.340. The third-order valence-electron chi connectivity index (χ3n) is 6.30. The Hall–Kier alpha value is -2.77. The lowest BCUT2D eigenvalue weighted by atomic mass is 10.1. The number of aryl methyl sites for hydroxylation is 1. The smallest absolute Gasteiger partial charge is 0.239 e. The number of piperazine rings is 1. The number of carbonyl (C=O) groups excluding carboxylic acids is 2. The molecule has 1 aliphatic heterocycles. The minimum Gasteiger partial charge on any atom is -0.494 e. The van der Waals surface area contributed by atoms with Gasteiger partial charge in [0.2, 0.25) is 5.91 Å². The Kier molecular flexibility index (Phi) is 11.0. The maximum Gasteiger partial charge on any atom is 0.239 e. The summed E-state index contributed by atoms with van der Waals surface area (Å²) in [5, 5.41) is 0. The number of aromatic nitrogens is 1. The number of benzene rings is 1. The molecule has 0 spiro atoms. The number of hydrogen-bond donors (Lipinski definition) is 1. The molecule has 0 radical (unpaired) electrons. The highest BCUT2D eigenvalue weighted by atomic mass is 16.5. The zero-order valence-electron chi connectivity index (χ0n) is 20.1. The zero-order chi connectivity index (χ0) is 24.0. The molecule has 7 nitrogen and oxygen atoms in total. The van der Waals surface area contributed by atoms with Crippen molar-refractivity contribution >= 4 is 12.2 Å². The van der Waals surface area contributed by atoms with E-state index in [4.69, 9.17) is 10.5 Å². The van der Waals surface area contributed by atoms with Gasteiger partial charge in [-0.05, 0) is 67.5 Å². The molecule has 1 saturated heterocycles. The third-order valence-corrected chi connectivity index (χ3v) is 6.30. The van der Waals surface area contributed by atoms with Crippen LogP contribution in [0.1, 0.15) is 43.2 Å². The average molecular weight is 467 g/mol. The van der Waals surface area contributed by atoms with Crippen molar-refractivity contribution in [3.05, 3.63) is 59.9 Å². The van der Waals surface area contributed by atoms with E-state index in [2.05, 4.69) is 22.0 Å². The van der Waals surface area contributed by atoms with Gasteiger partial charge in [0.1, 0.15) is 12.0 Å². The summed E-state index contributed by atoms with van der Waals surface area (Å²) in [5.74, 6) is 0.938. The Morgan fingerprint density at radius 2 is 1.71 bits per heavy atom. The van der Waals surface area contributed by atoms with E-state index >= 15 is 0 Å². The van der Waals surface area contributed by atoms with Crippen molar-refractivity contribution < 1.29 is 14.3 Å². The fourth-order valence-corrected chi connectivity index (χ4v) is 4.25. The van der Waals surface area contributed by atoms with Crippen LogP contribution >= 0.6 is 0 Å². The molecule has 184 valence electrons. The summed E-state index contributed by atoms with van der Waals surface area (Å²) in [7, 11) is 0. The van der Waals surface area contributed by atoms with Crippen LogP contribution in [0.15, 0.2) is 48.8 Å². The second-order valence-corrected chi connectivity index (χ2v) is 8.94. The van der Waals surface area contributed by atoms with Gasteiger partial charge in [-0.25, -0.2) is 0 Å². The Labute approximate surface area is 203 Å². The number of pyridine rings is 1. The summed E-state index contributed by atoms with van der Waals surface area (Å²) in [6.45, 7) is 4.83. The van der Waals surface area contributed by atoms with Crippen LogP contribution in [0.4, 0.5) is 0 Å². The monoisotopic (exact) mass is 466 g/mol. The van der Waals surface area contributed by atoms with Crippen LogP contribution in [0.5, 0.6) is 5.75 Å². The number of aldehydes is 1. The maximum atomic E-state index is 12.7. The first-order chi connectivity index (χ1) is 16.7. The predicted octanol–water partition coefficient (Wildman–Crippen LogP) is 2.87. The Bertz CT molecular complexity index is 852. The van der Waals surface area contributed by atoms with Crippen LogP contribution in [0, 0.1) is 0 Å². The number of carbonyl (C=O) groups is 2. The first-order valence-corrected chi connectivity index (χ1v) is 12.5. The van der Waals surface area contributed by atoms with E-state index in [0.717, 1.165) is 82.4 Å². The molecule has 7 heteroatoms. The molecule has 1 aromatic heterocycles. The fourth-order valence-electron chi connectivity index (χ4n) is 4.25. The summed E-state index contributed by atoms with van der Waals surface area (Å²) in [4.78, 5) is 31.3. The normalized spacial score (nSPS) is 15.1. The van der Waals surface area contributed by atoms with Gasteiger partial charge in [-0.1, -0.05) is 18.6 Å². The van der Waals surface area contributed by atoms with Crippen molar-refractivity contribution in [3.8, 4) is 5.75 Å². The van der Waals surface area contributed by atoms with E-state index in [-0.39, 0.29) is 5.91 Å². The van der Waals surface area contributed by atoms with E-state index < -0.39 is 6.04 Å². The third kappa shape index (κ3) is 8.88. The van der Waals surface area contributed by atoms with Crippen LogP contribution in [0.2, 0.25) is 0 Å². The number of amides is 1. The van der Waals surface area contributed by atoms with Crippen molar-refractivity contribution in [2.45, 2.75) is 51.0 Å². The molecular weight excluding hydrogens is 428 g/mol. The second-order valence-electron chi connectivity index (χ2n) is 8.94. The fraction of sp³-hybridized carbons (Fsp3) is 0.519. The number of nitrogens with zero attached hydrogens (tertiary/aromatic N) is 3. The van der Waals surface area contributed by atoms with Crippen molar-refractivity contribution in [1.82, 2.24) is 14.8 Å². The van der Waals surface area contributed by atoms with Crippen LogP contribution in [0.25, 0.3) is 0 Å². The Morgan fingerprint density at radius 1 is 0.971 bits per heavy atom. The van der Waals surface area contributed by atoms with Gasteiger partial charge in [-0.3, -0.25) is 14.7 Å². The molecule has 0 saturated carbocycles. The van der Waals surface area contributed by atoms with Crippen molar-refractivity contribution in [3.63, 3.8) is 0 Å². The molecule has 1 amide bonds. The minimum atomic E-state index is -0.504. The van der Waals surface area contributed by atoms with Gasteiger partial charge in [0, 0.05) is 51.5 Å². The van der Waals surface area contributed by atoms with Gasteiger partial charge in [-0.2, -0.15) is 0 Å². The van der Waals surface area contributed by atoms with Gasteiger partial charge in [-0.15, -0.1) is 0 Å². The number of rotatable bonds is 14. The summed E-state index contributed by atoms with van der Waals surface area (Å²) in [6, 6.07) is 11.6. The molecule has 0 aliphatic carbocycles. The lowest BCUT2D eigenvalue weighted by molar-refractivity contribution is -0.134. The minimum absolute atomic E-state index is 0.0317. The van der Waals surface area contributed by atoms with Gasteiger partial charge in [0.25, 0.3) is 0 Å². The summed E-state index contributed by atoms with van der Waals surface area (Å²) >= 11 is 0. The molecule has 34 heavy (non-hydrogen) atoms. The van der Waals surface area contributed by atoms with E-state index in [1.54, 1.807) is 12.4 Å². The predicted molar refractivity (Wildman–Crippen MR) is 134 cm³/mol. The van der Waals surface area contributed by atoms with Crippen LogP contribution in [-0.2, 0) is 22.4 Å². The molecule has 2 aromatic rings. The van der Waals surface area contributed by atoms with Crippen LogP contribution in [0.3, 0.4) is 0 Å². The molecule has 1 aromatic carbocycles. The standard InChI is InChI=1S/C27H38N4O3/c28-26(22-24-11-13-29-14-12-24)27(33)31-18-16-30(17-19-31)15-5-21-34-25-9-7-23(8-10-25)6-3-1-2-4-20-32/h7-14,20,26H,1-6,15-19,21-22,28H2/t26-/m0/s1. The average Bonchev–Trinajstić information content (AvgIpc) is 2.88. The first-order valence-electron chi connectivity index (χ1n) is 12.5. The Morgan fingerprint density at radius 3 is 2.41 bits per heavy atom. The molecule has 3 rings (SSSR count). The second kappa shape index (κ2) is 14.5. The summed E-state index contributed by atoms with van der Waals surface area (Å²) in [6.07, 6.45) is 10.9. The highest BCUT2D eigenvalue weighted by Crippen LogP contribution is 2.15. The highest BCUT2D eigenvalue weighted by Gasteiger charge is 2.25. The van der Waals surface area contributed by atoms with E-state index in [0.29, 0.717) is 19.4 Å². The van der Waals surface area contributed by atoms with E-state index in [1.165, 1.54) is 5.56 Å². The lowest BCUT2D eigenvalue weighted by Gasteiger charge is -2.35. The topological polar surface area (TPSA) is 88.8 Å². The molecule has 2 N–H and O–H groups in total. The molecular formula is C27H38N4O3. The lowest BCUT2D eigenvalue weighted by Crippen LogP contribution is -2.53. The van der Waals surface area contributed by atoms with Crippen molar-refractivity contribution in [2.75, 3.05) is 39.3 Å². The van der Waals surface area contributed by atoms with Gasteiger partial charge >= 0.3 is 0 Å². The number of nitrogens with two attached hydrogens (primary N) is 1. The molecule has 1 atom stereocenters. The van der Waals surface area contributed by atoms with Gasteiger partial charge < -0.3 is 20.2 Å². The molecule has 2 heterocycles. The highest BCUT2D eigenvalue weighted by molar-refractivity contribution is 5.82. The van der Waals surface area contributed by atoms with Crippen LogP contribution in [-0.4, -0.2) is 72.3 Å². The van der Waals surface area contributed by atoms with E-state index in [1.807, 2.05) is 29.2 Å².